The SMILES string of the molecule is CC(C)(C)c1nc(NNCc2cc(Br)cc(Br)c2O)sc1Cc1cc2ccccc2[nH]c1=O. The molecule has 0 saturated carbocycles. The Kier molecular flexibility index (Phi) is 6.95. The summed E-state index contributed by atoms with van der Waals surface area (Å²) in [7, 11) is 0. The van der Waals surface area contributed by atoms with E-state index in [2.05, 4.69) is 68.5 Å². The van der Waals surface area contributed by atoms with Crippen LogP contribution in [0.4, 0.5) is 5.13 Å². The number of benzene rings is 2. The minimum Gasteiger partial charge on any atom is -0.506 e. The number of fused-ring (bicyclic) bond motifs is 1. The zero-order valence-electron chi connectivity index (χ0n) is 18.4. The summed E-state index contributed by atoms with van der Waals surface area (Å²) in [5.74, 6) is 0.193. The summed E-state index contributed by atoms with van der Waals surface area (Å²) in [6.45, 7) is 6.74. The van der Waals surface area contributed by atoms with E-state index in [0.29, 0.717) is 28.1 Å². The second kappa shape index (κ2) is 9.58. The number of phenols is 1. The number of H-pyrrole nitrogens is 1. The fraction of sp³-hybridized carbons (Fsp3) is 0.250. The van der Waals surface area contributed by atoms with Crippen LogP contribution in [-0.2, 0) is 18.4 Å². The van der Waals surface area contributed by atoms with Gasteiger partial charge in [-0.3, -0.25) is 10.2 Å². The van der Waals surface area contributed by atoms with Gasteiger partial charge >= 0.3 is 0 Å². The molecule has 2 aromatic carbocycles. The number of aromatic amines is 1. The molecule has 0 spiro atoms. The van der Waals surface area contributed by atoms with Crippen LogP contribution in [0.1, 0.15) is 42.5 Å². The number of pyridine rings is 1. The van der Waals surface area contributed by atoms with Crippen molar-refractivity contribution in [1.82, 2.24) is 15.4 Å². The Balaban J connectivity index is 1.57. The standard InChI is InChI=1S/C24H24Br2N4O2S/c1-24(2,3)21-19(10-14-8-13-6-4-5-7-18(13)28-22(14)32)33-23(29-21)30-27-12-15-9-16(25)11-17(26)20(15)31/h4-9,11,27,31H,10,12H2,1-3H3,(H,28,32)(H,29,30). The van der Waals surface area contributed by atoms with Crippen LogP contribution in [0, 0.1) is 0 Å². The fourth-order valence-corrected chi connectivity index (χ4v) is 6.06. The molecule has 4 N–H and O–H groups in total. The van der Waals surface area contributed by atoms with Crippen LogP contribution in [0.5, 0.6) is 5.75 Å². The lowest BCUT2D eigenvalue weighted by Gasteiger charge is -2.17. The number of rotatable bonds is 6. The van der Waals surface area contributed by atoms with Gasteiger partial charge in [0.05, 0.1) is 10.2 Å². The van der Waals surface area contributed by atoms with Crippen LogP contribution in [0.2, 0.25) is 0 Å². The molecule has 6 nitrogen and oxygen atoms in total. The fourth-order valence-electron chi connectivity index (χ4n) is 3.58. The van der Waals surface area contributed by atoms with Gasteiger partial charge in [-0.25, -0.2) is 10.4 Å². The molecular formula is C24H24Br2N4O2S. The van der Waals surface area contributed by atoms with E-state index in [1.54, 1.807) is 6.07 Å². The summed E-state index contributed by atoms with van der Waals surface area (Å²) >= 11 is 8.32. The highest BCUT2D eigenvalue weighted by Gasteiger charge is 2.24. The predicted octanol–water partition coefficient (Wildman–Crippen LogP) is 6.22. The zero-order valence-corrected chi connectivity index (χ0v) is 22.4. The van der Waals surface area contributed by atoms with E-state index in [9.17, 15) is 9.90 Å². The average Bonchev–Trinajstić information content (AvgIpc) is 3.15. The lowest BCUT2D eigenvalue weighted by Crippen LogP contribution is -2.21. The van der Waals surface area contributed by atoms with E-state index in [-0.39, 0.29) is 16.7 Å². The Labute approximate surface area is 212 Å². The topological polar surface area (TPSA) is 90.0 Å². The lowest BCUT2D eigenvalue weighted by atomic mass is 9.90. The number of aromatic nitrogens is 2. The van der Waals surface area contributed by atoms with Crippen molar-refractivity contribution in [1.29, 1.82) is 0 Å². The second-order valence-electron chi connectivity index (χ2n) is 8.80. The van der Waals surface area contributed by atoms with Crippen LogP contribution in [0.15, 0.2) is 56.2 Å². The summed E-state index contributed by atoms with van der Waals surface area (Å²) in [4.78, 5) is 21.5. The first kappa shape index (κ1) is 23.9. The summed E-state index contributed by atoms with van der Waals surface area (Å²) in [6, 6.07) is 13.4. The molecule has 0 bridgehead atoms. The van der Waals surface area contributed by atoms with Crippen molar-refractivity contribution in [3.8, 4) is 5.75 Å². The molecule has 4 aromatic rings. The molecule has 0 fully saturated rings. The summed E-state index contributed by atoms with van der Waals surface area (Å²) in [6.07, 6.45) is 0.505. The van der Waals surface area contributed by atoms with E-state index >= 15 is 0 Å². The van der Waals surface area contributed by atoms with Gasteiger partial charge in [0.1, 0.15) is 5.75 Å². The first-order chi connectivity index (χ1) is 15.6. The van der Waals surface area contributed by atoms with Gasteiger partial charge in [-0.1, -0.05) is 54.9 Å². The van der Waals surface area contributed by atoms with Gasteiger partial charge in [0.2, 0.25) is 0 Å². The lowest BCUT2D eigenvalue weighted by molar-refractivity contribution is 0.462. The van der Waals surface area contributed by atoms with Crippen LogP contribution >= 0.6 is 43.2 Å². The molecule has 0 radical (unpaired) electrons. The highest BCUT2D eigenvalue weighted by atomic mass is 79.9. The number of para-hydroxylation sites is 1. The molecular weight excluding hydrogens is 568 g/mol. The van der Waals surface area contributed by atoms with Gasteiger partial charge in [-0.15, -0.1) is 11.3 Å². The first-order valence-corrected chi connectivity index (χ1v) is 12.8. The van der Waals surface area contributed by atoms with E-state index in [4.69, 9.17) is 4.98 Å². The number of halogens is 2. The van der Waals surface area contributed by atoms with Crippen molar-refractivity contribution >= 4 is 59.2 Å². The third-order valence-electron chi connectivity index (χ3n) is 5.17. The Morgan fingerprint density at radius 2 is 1.88 bits per heavy atom. The van der Waals surface area contributed by atoms with E-state index in [0.717, 1.165) is 31.5 Å². The first-order valence-electron chi connectivity index (χ1n) is 10.4. The molecule has 2 aromatic heterocycles. The molecule has 9 heteroatoms. The normalized spacial score (nSPS) is 11.8. The molecule has 172 valence electrons. The smallest absolute Gasteiger partial charge is 0.251 e. The van der Waals surface area contributed by atoms with Crippen LogP contribution in [0.25, 0.3) is 10.9 Å². The van der Waals surface area contributed by atoms with Gasteiger partial charge in [-0.2, -0.15) is 0 Å². The molecule has 0 saturated heterocycles. The molecule has 0 aliphatic rings. The number of thiazole rings is 1. The zero-order chi connectivity index (χ0) is 23.8. The Morgan fingerprint density at radius 1 is 1.12 bits per heavy atom. The van der Waals surface area contributed by atoms with Gasteiger partial charge in [0, 0.05) is 44.4 Å². The highest BCUT2D eigenvalue weighted by Crippen LogP contribution is 2.34. The molecule has 0 amide bonds. The van der Waals surface area contributed by atoms with Crippen molar-refractivity contribution in [2.45, 2.75) is 39.2 Å². The second-order valence-corrected chi connectivity index (χ2v) is 11.7. The third-order valence-corrected chi connectivity index (χ3v) is 7.20. The van der Waals surface area contributed by atoms with Crippen molar-refractivity contribution in [2.75, 3.05) is 5.43 Å². The number of nitrogens with one attached hydrogen (secondary N) is 3. The number of hydrazine groups is 1. The van der Waals surface area contributed by atoms with Crippen LogP contribution in [0.3, 0.4) is 0 Å². The summed E-state index contributed by atoms with van der Waals surface area (Å²) < 4.78 is 1.50. The number of anilines is 1. The molecule has 0 aliphatic carbocycles. The van der Waals surface area contributed by atoms with E-state index in [1.807, 2.05) is 36.4 Å². The van der Waals surface area contributed by atoms with Gasteiger partial charge in [0.25, 0.3) is 5.56 Å². The number of nitrogens with zero attached hydrogens (tertiary/aromatic N) is 1. The quantitative estimate of drug-likeness (QED) is 0.200. The van der Waals surface area contributed by atoms with Crippen molar-refractivity contribution in [2.24, 2.45) is 0 Å². The van der Waals surface area contributed by atoms with Gasteiger partial charge in [0.15, 0.2) is 5.13 Å². The average molecular weight is 592 g/mol. The predicted molar refractivity (Wildman–Crippen MR) is 142 cm³/mol. The number of hydrogen-bond donors (Lipinski definition) is 4. The summed E-state index contributed by atoms with van der Waals surface area (Å²) in [5.41, 5.74) is 9.27. The van der Waals surface area contributed by atoms with Gasteiger partial charge in [-0.05, 0) is 45.6 Å². The number of phenolic OH excluding ortho intramolecular Hbond substituents is 1. The van der Waals surface area contributed by atoms with Crippen LogP contribution in [-0.4, -0.2) is 15.1 Å². The minimum atomic E-state index is -0.178. The van der Waals surface area contributed by atoms with Gasteiger partial charge < -0.3 is 10.1 Å². The molecule has 2 heterocycles. The van der Waals surface area contributed by atoms with Crippen molar-refractivity contribution in [3.05, 3.63) is 83.5 Å². The van der Waals surface area contributed by atoms with Crippen LogP contribution < -0.4 is 16.4 Å². The molecule has 0 unspecified atom stereocenters. The highest BCUT2D eigenvalue weighted by molar-refractivity contribution is 9.11. The minimum absolute atomic E-state index is 0.0784. The number of hydrogen-bond acceptors (Lipinski definition) is 6. The van der Waals surface area contributed by atoms with Crippen molar-refractivity contribution in [3.63, 3.8) is 0 Å². The Bertz CT molecular complexity index is 1380. The third kappa shape index (κ3) is 5.48. The maximum Gasteiger partial charge on any atom is 0.251 e. The monoisotopic (exact) mass is 590 g/mol. The van der Waals surface area contributed by atoms with E-state index in [1.165, 1.54) is 11.3 Å². The maximum atomic E-state index is 12.7. The van der Waals surface area contributed by atoms with E-state index < -0.39 is 0 Å². The maximum absolute atomic E-state index is 12.7. The Hall–Kier alpha value is -2.20. The van der Waals surface area contributed by atoms with Crippen molar-refractivity contribution < 1.29 is 5.11 Å². The molecule has 0 atom stereocenters. The summed E-state index contributed by atoms with van der Waals surface area (Å²) in [5, 5.41) is 12.0. The Morgan fingerprint density at radius 3 is 2.64 bits per heavy atom. The molecule has 0 aliphatic heterocycles. The largest absolute Gasteiger partial charge is 0.506 e. The number of aromatic hydroxyl groups is 1. The molecule has 33 heavy (non-hydrogen) atoms. The molecule has 4 rings (SSSR count).